The van der Waals surface area contributed by atoms with Crippen LogP contribution in [0.1, 0.15) is 32.1 Å². The van der Waals surface area contributed by atoms with Gasteiger partial charge >= 0.3 is 6.09 Å². The second kappa shape index (κ2) is 6.01. The molecular formula is C14H20N4O3. The van der Waals surface area contributed by atoms with Gasteiger partial charge in [-0.3, -0.25) is 10.5 Å². The van der Waals surface area contributed by atoms with E-state index in [1.807, 2.05) is 19.1 Å². The van der Waals surface area contributed by atoms with Crippen molar-refractivity contribution in [1.29, 1.82) is 0 Å². The maximum absolute atomic E-state index is 11.5. The molecule has 0 aliphatic rings. The summed E-state index contributed by atoms with van der Waals surface area (Å²) in [5.74, 6) is 1.53. The van der Waals surface area contributed by atoms with Crippen LogP contribution in [0.3, 0.4) is 0 Å². The second-order valence-corrected chi connectivity index (χ2v) is 5.66. The van der Waals surface area contributed by atoms with Crippen LogP contribution in [0.2, 0.25) is 0 Å². The molecule has 0 aromatic carbocycles. The maximum atomic E-state index is 11.5. The fraction of sp³-hybridized carbons (Fsp3) is 0.429. The maximum Gasteiger partial charge on any atom is 0.422 e. The summed E-state index contributed by atoms with van der Waals surface area (Å²) < 4.78 is 10.7. The molecule has 3 N–H and O–H groups in total. The lowest BCUT2D eigenvalue weighted by atomic mass is 10.2. The molecule has 0 aliphatic heterocycles. The lowest BCUT2D eigenvalue weighted by Gasteiger charge is -2.19. The van der Waals surface area contributed by atoms with Gasteiger partial charge in [0.05, 0.1) is 6.20 Å². The molecule has 21 heavy (non-hydrogen) atoms. The zero-order valence-electron chi connectivity index (χ0n) is 12.6. The largest absolute Gasteiger partial charge is 0.460 e. The average molecular weight is 292 g/mol. The third kappa shape index (κ3) is 4.35. The Morgan fingerprint density at radius 2 is 2.19 bits per heavy atom. The molecule has 2 heterocycles. The van der Waals surface area contributed by atoms with Crippen LogP contribution in [-0.4, -0.2) is 21.9 Å². The highest BCUT2D eigenvalue weighted by Crippen LogP contribution is 2.22. The summed E-state index contributed by atoms with van der Waals surface area (Å²) in [6.07, 6.45) is 1.15. The van der Waals surface area contributed by atoms with E-state index in [4.69, 9.17) is 9.15 Å². The number of carbonyl (C=O) groups is 1. The highest BCUT2D eigenvalue weighted by atomic mass is 16.6. The molecule has 0 radical (unpaired) electrons. The van der Waals surface area contributed by atoms with Crippen LogP contribution < -0.4 is 10.9 Å². The molecule has 7 heteroatoms. The van der Waals surface area contributed by atoms with Crippen LogP contribution in [0.25, 0.3) is 11.5 Å². The van der Waals surface area contributed by atoms with Gasteiger partial charge in [0.25, 0.3) is 0 Å². The molecule has 0 spiro atoms. The van der Waals surface area contributed by atoms with Crippen LogP contribution in [0.15, 0.2) is 22.7 Å². The number of aromatic amines is 1. The second-order valence-electron chi connectivity index (χ2n) is 5.66. The summed E-state index contributed by atoms with van der Waals surface area (Å²) in [6.45, 7) is 7.69. The molecule has 2 aromatic heterocycles. The van der Waals surface area contributed by atoms with Crippen LogP contribution in [0.5, 0.6) is 0 Å². The highest BCUT2D eigenvalue weighted by molar-refractivity contribution is 5.67. The van der Waals surface area contributed by atoms with E-state index in [2.05, 4.69) is 21.0 Å². The number of furan rings is 1. The number of carbonyl (C=O) groups excluding carboxylic acids is 1. The van der Waals surface area contributed by atoms with Crippen molar-refractivity contribution in [3.63, 3.8) is 0 Å². The summed E-state index contributed by atoms with van der Waals surface area (Å²) in [6, 6.07) is 3.75. The van der Waals surface area contributed by atoms with Gasteiger partial charge < -0.3 is 9.15 Å². The summed E-state index contributed by atoms with van der Waals surface area (Å²) in [7, 11) is 0. The molecule has 0 bridgehead atoms. The van der Waals surface area contributed by atoms with Crippen molar-refractivity contribution in [3.8, 4) is 11.5 Å². The van der Waals surface area contributed by atoms with Gasteiger partial charge in [0.1, 0.15) is 17.1 Å². The molecule has 0 aliphatic carbocycles. The van der Waals surface area contributed by atoms with Crippen molar-refractivity contribution < 1.29 is 13.9 Å². The first kappa shape index (κ1) is 15.1. The first-order valence-corrected chi connectivity index (χ1v) is 6.66. The van der Waals surface area contributed by atoms with Gasteiger partial charge in [0, 0.05) is 12.1 Å². The number of aryl methyl sites for hydroxylation is 1. The lowest BCUT2D eigenvalue weighted by molar-refractivity contribution is 0.0497. The van der Waals surface area contributed by atoms with Crippen LogP contribution >= 0.6 is 0 Å². The smallest absolute Gasteiger partial charge is 0.422 e. The molecular weight excluding hydrogens is 272 g/mol. The quantitative estimate of drug-likeness (QED) is 0.753. The standard InChI is InChI=1S/C14H20N4O3/c1-9-5-6-11(20-9)12-10(7-15-17-12)8-16-18-13(19)21-14(2,3)4/h5-7,16H,8H2,1-4H3,(H,15,17)(H,18,19). The summed E-state index contributed by atoms with van der Waals surface area (Å²) in [4.78, 5) is 11.5. The third-order valence-electron chi connectivity index (χ3n) is 2.57. The van der Waals surface area contributed by atoms with Crippen molar-refractivity contribution in [2.45, 2.75) is 39.8 Å². The van der Waals surface area contributed by atoms with E-state index in [1.54, 1.807) is 27.0 Å². The van der Waals surface area contributed by atoms with Gasteiger partial charge in [-0.05, 0) is 39.8 Å². The molecule has 0 saturated heterocycles. The molecule has 0 unspecified atom stereocenters. The number of hydrogen-bond donors (Lipinski definition) is 3. The van der Waals surface area contributed by atoms with Crippen molar-refractivity contribution in [2.75, 3.05) is 0 Å². The van der Waals surface area contributed by atoms with Crippen molar-refractivity contribution in [3.05, 3.63) is 29.7 Å². The molecule has 2 rings (SSSR count). The number of hydrazine groups is 1. The van der Waals surface area contributed by atoms with Crippen molar-refractivity contribution in [2.24, 2.45) is 0 Å². The summed E-state index contributed by atoms with van der Waals surface area (Å²) in [5.41, 5.74) is 6.40. The van der Waals surface area contributed by atoms with E-state index in [0.717, 1.165) is 17.0 Å². The Balaban J connectivity index is 1.90. The Bertz CT molecular complexity index is 610. The van der Waals surface area contributed by atoms with E-state index >= 15 is 0 Å². The Kier molecular flexibility index (Phi) is 4.32. The minimum absolute atomic E-state index is 0.394. The molecule has 0 atom stereocenters. The number of ether oxygens (including phenoxy) is 1. The van der Waals surface area contributed by atoms with E-state index in [1.165, 1.54) is 0 Å². The van der Waals surface area contributed by atoms with Crippen LogP contribution in [0.4, 0.5) is 4.79 Å². The molecule has 2 aromatic rings. The number of amides is 1. The predicted molar refractivity (Wildman–Crippen MR) is 77.2 cm³/mol. The number of aromatic nitrogens is 2. The number of H-pyrrole nitrogens is 1. The minimum atomic E-state index is -0.530. The summed E-state index contributed by atoms with van der Waals surface area (Å²) >= 11 is 0. The van der Waals surface area contributed by atoms with Crippen LogP contribution in [0, 0.1) is 6.92 Å². The molecule has 0 fully saturated rings. The number of hydrogen-bond acceptors (Lipinski definition) is 5. The van der Waals surface area contributed by atoms with Crippen LogP contribution in [-0.2, 0) is 11.3 Å². The van der Waals surface area contributed by atoms with Crippen molar-refractivity contribution in [1.82, 2.24) is 21.0 Å². The van der Waals surface area contributed by atoms with E-state index < -0.39 is 11.7 Å². The Hall–Kier alpha value is -2.28. The van der Waals surface area contributed by atoms with Gasteiger partial charge in [-0.25, -0.2) is 10.2 Å². The number of rotatable bonds is 4. The Morgan fingerprint density at radius 3 is 2.81 bits per heavy atom. The third-order valence-corrected chi connectivity index (χ3v) is 2.57. The molecule has 114 valence electrons. The fourth-order valence-electron chi connectivity index (χ4n) is 1.74. The Labute approximate surface area is 123 Å². The molecule has 7 nitrogen and oxygen atoms in total. The number of nitrogens with one attached hydrogen (secondary N) is 3. The topological polar surface area (TPSA) is 92.2 Å². The minimum Gasteiger partial charge on any atom is -0.460 e. The van der Waals surface area contributed by atoms with Crippen molar-refractivity contribution >= 4 is 6.09 Å². The normalized spacial score (nSPS) is 11.4. The van der Waals surface area contributed by atoms with Gasteiger partial charge in [-0.1, -0.05) is 0 Å². The van der Waals surface area contributed by atoms with Gasteiger partial charge in [0.2, 0.25) is 0 Å². The lowest BCUT2D eigenvalue weighted by Crippen LogP contribution is -2.40. The monoisotopic (exact) mass is 292 g/mol. The highest BCUT2D eigenvalue weighted by Gasteiger charge is 2.16. The van der Waals surface area contributed by atoms with E-state index in [0.29, 0.717) is 12.3 Å². The van der Waals surface area contributed by atoms with E-state index in [-0.39, 0.29) is 0 Å². The first-order chi connectivity index (χ1) is 9.85. The average Bonchev–Trinajstić information content (AvgIpc) is 2.95. The fourth-order valence-corrected chi connectivity index (χ4v) is 1.74. The molecule has 1 amide bonds. The van der Waals surface area contributed by atoms with E-state index in [9.17, 15) is 4.79 Å². The summed E-state index contributed by atoms with van der Waals surface area (Å²) in [5, 5.41) is 6.88. The Morgan fingerprint density at radius 1 is 1.43 bits per heavy atom. The SMILES string of the molecule is Cc1ccc(-c2[nH]ncc2CNNC(=O)OC(C)(C)C)o1. The van der Waals surface area contributed by atoms with Gasteiger partial charge in [-0.15, -0.1) is 0 Å². The zero-order valence-corrected chi connectivity index (χ0v) is 12.6. The predicted octanol–water partition coefficient (Wildman–Crippen LogP) is 2.51. The molecule has 0 saturated carbocycles. The number of nitrogens with zero attached hydrogens (tertiary/aromatic N) is 1. The van der Waals surface area contributed by atoms with Gasteiger partial charge in [0.15, 0.2) is 5.76 Å². The van der Waals surface area contributed by atoms with Gasteiger partial charge in [-0.2, -0.15) is 5.10 Å². The zero-order chi connectivity index (χ0) is 15.5. The first-order valence-electron chi connectivity index (χ1n) is 6.66.